The number of thioether (sulfide) groups is 1. The van der Waals surface area contributed by atoms with Gasteiger partial charge in [0.1, 0.15) is 0 Å². The summed E-state index contributed by atoms with van der Waals surface area (Å²) in [4.78, 5) is 10.9. The van der Waals surface area contributed by atoms with Crippen LogP contribution in [-0.2, 0) is 4.79 Å². The van der Waals surface area contributed by atoms with Gasteiger partial charge in [0, 0.05) is 12.2 Å². The smallest absolute Gasteiger partial charge is 0.310 e. The minimum absolute atomic E-state index is 0.0894. The number of benzene rings is 1. The molecule has 1 aromatic carbocycles. The largest absolute Gasteiger partial charge is 0.481 e. The summed E-state index contributed by atoms with van der Waals surface area (Å²) in [5, 5.41) is 8.89. The molecule has 2 nitrogen and oxygen atoms in total. The van der Waals surface area contributed by atoms with Crippen LogP contribution in [0.3, 0.4) is 0 Å². The molecule has 0 saturated carbocycles. The van der Waals surface area contributed by atoms with Gasteiger partial charge >= 0.3 is 5.97 Å². The molecule has 1 atom stereocenters. The van der Waals surface area contributed by atoms with Crippen molar-refractivity contribution in [2.24, 2.45) is 0 Å². The van der Waals surface area contributed by atoms with E-state index in [-0.39, 0.29) is 11.3 Å². The molecule has 102 valence electrons. The van der Waals surface area contributed by atoms with E-state index in [0.29, 0.717) is 16.9 Å². The summed E-state index contributed by atoms with van der Waals surface area (Å²) in [5.41, 5.74) is 1.34. The Kier molecular flexibility index (Phi) is 3.94. The van der Waals surface area contributed by atoms with Crippen molar-refractivity contribution in [1.29, 1.82) is 0 Å². The van der Waals surface area contributed by atoms with Crippen LogP contribution in [0.4, 0.5) is 8.78 Å². The predicted octanol–water partition coefficient (Wildman–Crippen LogP) is 3.99. The second kappa shape index (κ2) is 5.33. The van der Waals surface area contributed by atoms with E-state index >= 15 is 0 Å². The Labute approximate surface area is 114 Å². The molecule has 2 rings (SSSR count). The zero-order valence-corrected chi connectivity index (χ0v) is 11.2. The number of allylic oxidation sites excluding steroid dienone is 1. The lowest BCUT2D eigenvalue weighted by atomic mass is 10.00. The van der Waals surface area contributed by atoms with E-state index < -0.39 is 17.8 Å². The molecule has 1 aliphatic rings. The van der Waals surface area contributed by atoms with Crippen LogP contribution in [0.25, 0.3) is 6.08 Å². The van der Waals surface area contributed by atoms with E-state index in [1.165, 1.54) is 17.8 Å². The van der Waals surface area contributed by atoms with Crippen molar-refractivity contribution < 1.29 is 18.7 Å². The molecule has 0 spiro atoms. The van der Waals surface area contributed by atoms with E-state index in [1.54, 1.807) is 31.2 Å². The van der Waals surface area contributed by atoms with Crippen LogP contribution in [0, 0.1) is 0 Å². The molecule has 1 saturated heterocycles. The van der Waals surface area contributed by atoms with Crippen LogP contribution < -0.4 is 0 Å². The summed E-state index contributed by atoms with van der Waals surface area (Å²) in [6, 6.07) is 6.69. The summed E-state index contributed by atoms with van der Waals surface area (Å²) in [7, 11) is 0. The zero-order chi connectivity index (χ0) is 14.0. The summed E-state index contributed by atoms with van der Waals surface area (Å²) in [5.74, 6) is -3.78. The third-order valence-electron chi connectivity index (χ3n) is 3.14. The maximum Gasteiger partial charge on any atom is 0.310 e. The molecule has 1 N–H and O–H groups in total. The van der Waals surface area contributed by atoms with Gasteiger partial charge in [0.2, 0.25) is 0 Å². The van der Waals surface area contributed by atoms with E-state index in [9.17, 15) is 13.6 Å². The van der Waals surface area contributed by atoms with Crippen molar-refractivity contribution in [3.8, 4) is 0 Å². The molecule has 19 heavy (non-hydrogen) atoms. The first kappa shape index (κ1) is 14.1. The van der Waals surface area contributed by atoms with E-state index in [0.717, 1.165) is 0 Å². The Balaban J connectivity index is 2.20. The molecule has 0 aliphatic carbocycles. The lowest BCUT2D eigenvalue weighted by molar-refractivity contribution is -0.138. The summed E-state index contributed by atoms with van der Waals surface area (Å²) in [6.45, 7) is 1.59. The first-order valence-corrected chi connectivity index (χ1v) is 6.94. The SMILES string of the molecule is CC(C(=O)O)c1ccc(C=C2SCCC2(F)F)cc1. The van der Waals surface area contributed by atoms with Gasteiger partial charge in [-0.2, -0.15) is 0 Å². The molecule has 0 radical (unpaired) electrons. The Hall–Kier alpha value is -1.36. The Morgan fingerprint density at radius 1 is 1.42 bits per heavy atom. The zero-order valence-electron chi connectivity index (χ0n) is 10.4. The van der Waals surface area contributed by atoms with Crippen molar-refractivity contribution in [2.45, 2.75) is 25.2 Å². The number of carboxylic acids is 1. The molecular formula is C14H14F2O2S. The van der Waals surface area contributed by atoms with Crippen molar-refractivity contribution in [3.63, 3.8) is 0 Å². The number of carbonyl (C=O) groups is 1. The highest BCUT2D eigenvalue weighted by Gasteiger charge is 2.39. The van der Waals surface area contributed by atoms with Crippen LogP contribution in [-0.4, -0.2) is 22.8 Å². The molecule has 1 aromatic rings. The van der Waals surface area contributed by atoms with Crippen LogP contribution in [0.15, 0.2) is 29.2 Å². The van der Waals surface area contributed by atoms with E-state index in [2.05, 4.69) is 0 Å². The third-order valence-corrected chi connectivity index (χ3v) is 4.27. The number of carboxylic acid groups (broad SMARTS) is 1. The molecule has 1 unspecified atom stereocenters. The lowest BCUT2D eigenvalue weighted by Crippen LogP contribution is -2.11. The molecule has 0 amide bonds. The summed E-state index contributed by atoms with van der Waals surface area (Å²) >= 11 is 1.18. The number of alkyl halides is 2. The maximum atomic E-state index is 13.4. The molecular weight excluding hydrogens is 270 g/mol. The van der Waals surface area contributed by atoms with Crippen molar-refractivity contribution in [1.82, 2.24) is 0 Å². The minimum atomic E-state index is -2.72. The van der Waals surface area contributed by atoms with Crippen LogP contribution in [0.1, 0.15) is 30.4 Å². The van der Waals surface area contributed by atoms with Gasteiger partial charge in [-0.3, -0.25) is 4.79 Å². The Morgan fingerprint density at radius 2 is 2.05 bits per heavy atom. The molecule has 5 heteroatoms. The molecule has 1 fully saturated rings. The molecule has 1 aliphatic heterocycles. The van der Waals surface area contributed by atoms with Gasteiger partial charge in [0.25, 0.3) is 5.92 Å². The second-order valence-electron chi connectivity index (χ2n) is 4.54. The summed E-state index contributed by atoms with van der Waals surface area (Å²) < 4.78 is 26.9. The highest BCUT2D eigenvalue weighted by atomic mass is 32.2. The topological polar surface area (TPSA) is 37.3 Å². The maximum absolute atomic E-state index is 13.4. The average molecular weight is 284 g/mol. The second-order valence-corrected chi connectivity index (χ2v) is 5.67. The monoisotopic (exact) mass is 284 g/mol. The standard InChI is InChI=1S/C14H14F2O2S/c1-9(13(17)18)11-4-2-10(3-5-11)8-12-14(15,16)6-7-19-12/h2-5,8-9H,6-7H2,1H3,(H,17,18). The fourth-order valence-electron chi connectivity index (χ4n) is 1.84. The van der Waals surface area contributed by atoms with Crippen molar-refractivity contribution in [3.05, 3.63) is 40.3 Å². The number of rotatable bonds is 3. The van der Waals surface area contributed by atoms with E-state index in [4.69, 9.17) is 5.11 Å². The third kappa shape index (κ3) is 3.15. The normalized spacial score (nSPS) is 21.5. The highest BCUT2D eigenvalue weighted by Crippen LogP contribution is 2.44. The lowest BCUT2D eigenvalue weighted by Gasteiger charge is -2.10. The number of aliphatic carboxylic acids is 1. The highest BCUT2D eigenvalue weighted by molar-refractivity contribution is 8.03. The number of hydrogen-bond donors (Lipinski definition) is 1. The fourth-order valence-corrected chi connectivity index (χ4v) is 2.95. The number of halogens is 2. The van der Waals surface area contributed by atoms with Crippen LogP contribution >= 0.6 is 11.8 Å². The van der Waals surface area contributed by atoms with Crippen LogP contribution in [0.2, 0.25) is 0 Å². The van der Waals surface area contributed by atoms with Gasteiger partial charge in [0.15, 0.2) is 0 Å². The van der Waals surface area contributed by atoms with Gasteiger partial charge in [-0.25, -0.2) is 8.78 Å². The summed E-state index contributed by atoms with van der Waals surface area (Å²) in [6.07, 6.45) is 1.37. The van der Waals surface area contributed by atoms with Crippen molar-refractivity contribution >= 4 is 23.8 Å². The van der Waals surface area contributed by atoms with Crippen LogP contribution in [0.5, 0.6) is 0 Å². The van der Waals surface area contributed by atoms with Gasteiger partial charge in [-0.15, -0.1) is 11.8 Å². The fraction of sp³-hybridized carbons (Fsp3) is 0.357. The van der Waals surface area contributed by atoms with Gasteiger partial charge in [-0.05, 0) is 24.1 Å². The first-order chi connectivity index (χ1) is 8.90. The van der Waals surface area contributed by atoms with Gasteiger partial charge in [-0.1, -0.05) is 24.3 Å². The predicted molar refractivity (Wildman–Crippen MR) is 72.5 cm³/mol. The molecule has 0 bridgehead atoms. The van der Waals surface area contributed by atoms with Gasteiger partial charge < -0.3 is 5.11 Å². The van der Waals surface area contributed by atoms with Crippen molar-refractivity contribution in [2.75, 3.05) is 5.75 Å². The number of hydrogen-bond acceptors (Lipinski definition) is 2. The van der Waals surface area contributed by atoms with E-state index in [1.807, 2.05) is 0 Å². The first-order valence-electron chi connectivity index (χ1n) is 5.96. The average Bonchev–Trinajstić information content (AvgIpc) is 2.69. The minimum Gasteiger partial charge on any atom is -0.481 e. The molecule has 0 aromatic heterocycles. The Bertz CT molecular complexity index is 509. The quantitative estimate of drug-likeness (QED) is 0.912. The Morgan fingerprint density at radius 3 is 2.53 bits per heavy atom. The molecule has 1 heterocycles. The van der Waals surface area contributed by atoms with Gasteiger partial charge in [0.05, 0.1) is 10.8 Å².